The van der Waals surface area contributed by atoms with E-state index >= 15 is 0 Å². The third kappa shape index (κ3) is 9.52. The molecule has 0 spiro atoms. The summed E-state index contributed by atoms with van der Waals surface area (Å²) in [6.45, 7) is 24.6. The molecule has 0 fully saturated rings. The molecule has 60 heavy (non-hydrogen) atoms. The van der Waals surface area contributed by atoms with Gasteiger partial charge in [0.05, 0.1) is 24.9 Å². The predicted molar refractivity (Wildman–Crippen MR) is 253 cm³/mol. The summed E-state index contributed by atoms with van der Waals surface area (Å²) in [4.78, 5) is 9.87. The maximum Gasteiger partial charge on any atom is 0.0798 e. The SMILES string of the molecule is CC(C)Cc1cc(-c2[c-]cccc2)ncc1[Si](C)(C)C.[2H]C(C)(C)c1ccc2o[c-]c(-c3nc4ccccc4n3-c3c(C(C)C)cc(-c4ccccc4)cc3C(C)C)c2c1.[Ir]. The van der Waals surface area contributed by atoms with Crippen molar-refractivity contribution in [2.75, 3.05) is 0 Å². The smallest absolute Gasteiger partial charge is 0.0798 e. The van der Waals surface area contributed by atoms with Crippen LogP contribution in [-0.2, 0) is 26.5 Å². The Morgan fingerprint density at radius 1 is 0.750 bits per heavy atom. The van der Waals surface area contributed by atoms with Crippen molar-refractivity contribution in [2.45, 2.75) is 99.2 Å². The van der Waals surface area contributed by atoms with Crippen LogP contribution in [0.3, 0.4) is 0 Å². The van der Waals surface area contributed by atoms with E-state index in [1.165, 1.54) is 38.7 Å². The molecule has 4 nitrogen and oxygen atoms in total. The maximum atomic E-state index is 8.62. The Hall–Kier alpha value is -4.87. The fourth-order valence-electron chi connectivity index (χ4n) is 7.97. The molecule has 3 heterocycles. The fourth-order valence-corrected chi connectivity index (χ4v) is 9.56. The maximum absolute atomic E-state index is 8.62. The van der Waals surface area contributed by atoms with Crippen molar-refractivity contribution in [1.29, 1.82) is 0 Å². The Morgan fingerprint density at radius 3 is 2.03 bits per heavy atom. The number of furan rings is 1. The summed E-state index contributed by atoms with van der Waals surface area (Å²) in [6, 6.07) is 43.2. The van der Waals surface area contributed by atoms with Gasteiger partial charge in [-0.3, -0.25) is 4.98 Å². The molecule has 8 aromatic rings. The second-order valence-corrected chi connectivity index (χ2v) is 23.1. The zero-order valence-electron chi connectivity index (χ0n) is 38.1. The quantitative estimate of drug-likeness (QED) is 0.101. The van der Waals surface area contributed by atoms with Crippen LogP contribution in [0.5, 0.6) is 0 Å². The van der Waals surface area contributed by atoms with E-state index in [-0.39, 0.29) is 31.9 Å². The van der Waals surface area contributed by atoms with E-state index in [2.05, 4.69) is 168 Å². The molecule has 0 bridgehead atoms. The molecule has 8 rings (SSSR count). The molecule has 0 aliphatic heterocycles. The normalized spacial score (nSPS) is 12.2. The molecule has 0 unspecified atom stereocenters. The first kappa shape index (κ1) is 43.2. The summed E-state index contributed by atoms with van der Waals surface area (Å²) >= 11 is 0. The topological polar surface area (TPSA) is 43.9 Å². The van der Waals surface area contributed by atoms with Crippen LogP contribution in [0.2, 0.25) is 19.6 Å². The summed E-state index contributed by atoms with van der Waals surface area (Å²) < 4.78 is 16.9. The van der Waals surface area contributed by atoms with Crippen LogP contribution in [0.1, 0.15) is 96.7 Å². The monoisotopic (exact) mass is 987 g/mol. The van der Waals surface area contributed by atoms with Gasteiger partial charge in [-0.05, 0) is 87.5 Å². The van der Waals surface area contributed by atoms with Crippen molar-refractivity contribution in [3.63, 3.8) is 0 Å². The Bertz CT molecular complexity index is 2710. The van der Waals surface area contributed by atoms with Gasteiger partial charge in [0.2, 0.25) is 0 Å². The van der Waals surface area contributed by atoms with Gasteiger partial charge in [0.25, 0.3) is 0 Å². The number of fused-ring (bicyclic) bond motifs is 2. The molecule has 1 radical (unpaired) electrons. The molecule has 0 saturated carbocycles. The Kier molecular flexibility index (Phi) is 13.5. The Labute approximate surface area is 374 Å². The van der Waals surface area contributed by atoms with E-state index in [9.17, 15) is 0 Å². The first-order chi connectivity index (χ1) is 28.5. The Balaban J connectivity index is 0.000000250. The van der Waals surface area contributed by atoms with Crippen molar-refractivity contribution in [3.8, 4) is 39.5 Å². The number of aromatic nitrogens is 3. The first-order valence-electron chi connectivity index (χ1n) is 21.6. The average Bonchev–Trinajstić information content (AvgIpc) is 3.81. The predicted octanol–water partition coefficient (Wildman–Crippen LogP) is 14.6. The first-order valence-corrected chi connectivity index (χ1v) is 24.6. The third-order valence-corrected chi connectivity index (χ3v) is 13.1. The number of nitrogens with zero attached hydrogens (tertiary/aromatic N) is 3. The minimum atomic E-state index is -1.34. The Morgan fingerprint density at radius 2 is 1.42 bits per heavy atom. The van der Waals surface area contributed by atoms with E-state index in [1.807, 2.05) is 50.2 Å². The van der Waals surface area contributed by atoms with Gasteiger partial charge in [-0.1, -0.05) is 164 Å². The van der Waals surface area contributed by atoms with Gasteiger partial charge in [-0.15, -0.1) is 35.9 Å². The molecule has 0 atom stereocenters. The van der Waals surface area contributed by atoms with Crippen LogP contribution in [0.25, 0.3) is 61.5 Å². The van der Waals surface area contributed by atoms with Crippen molar-refractivity contribution in [2.24, 2.45) is 5.92 Å². The van der Waals surface area contributed by atoms with E-state index in [4.69, 9.17) is 10.8 Å². The number of benzene rings is 5. The van der Waals surface area contributed by atoms with Gasteiger partial charge in [0.1, 0.15) is 0 Å². The number of rotatable bonds is 10. The van der Waals surface area contributed by atoms with Gasteiger partial charge in [0.15, 0.2) is 0 Å². The standard InChI is InChI=1S/C36H35N2O.C18H24NSi.Ir/c1-22(2)26-16-17-34-30(18-26)31(21-39-34)36-37-32-14-10-11-15-33(32)38(36)35-28(23(3)4)19-27(20-29(35)24(5)6)25-12-8-7-9-13-25;1-14(2)11-16-12-17(15-9-7-6-8-10-15)19-13-18(16)20(3,4)5;/h7-20,22-24H,1-6H3;6-9,12-14H,11H2,1-5H3;/q2*-1;/i22D;;. The molecule has 3 aromatic heterocycles. The summed E-state index contributed by atoms with van der Waals surface area (Å²) in [5, 5.41) is 2.42. The number of pyridine rings is 1. The van der Waals surface area contributed by atoms with Crippen LogP contribution in [0.4, 0.5) is 0 Å². The molecule has 0 amide bonds. The molecule has 5 aromatic carbocycles. The molecular weight excluding hydrogens is 927 g/mol. The zero-order chi connectivity index (χ0) is 42.9. The van der Waals surface area contributed by atoms with Gasteiger partial charge >= 0.3 is 0 Å². The van der Waals surface area contributed by atoms with Gasteiger partial charge < -0.3 is 14.0 Å². The van der Waals surface area contributed by atoms with Crippen molar-refractivity contribution in [1.82, 2.24) is 14.5 Å². The van der Waals surface area contributed by atoms with E-state index in [0.717, 1.165) is 56.6 Å². The van der Waals surface area contributed by atoms with Crippen LogP contribution in [0, 0.1) is 18.2 Å². The fraction of sp³-hybridized carbons (Fsp3) is 0.296. The van der Waals surface area contributed by atoms with Crippen LogP contribution < -0.4 is 5.19 Å². The van der Waals surface area contributed by atoms with Gasteiger partial charge in [-0.2, -0.15) is 0 Å². The van der Waals surface area contributed by atoms with Crippen molar-refractivity contribution < 1.29 is 25.9 Å². The summed E-state index contributed by atoms with van der Waals surface area (Å²) in [6.07, 6.45) is 6.43. The molecule has 6 heteroatoms. The van der Waals surface area contributed by atoms with Crippen molar-refractivity contribution in [3.05, 3.63) is 156 Å². The minimum Gasteiger partial charge on any atom is -0.557 e. The van der Waals surface area contributed by atoms with Crippen LogP contribution in [-0.4, -0.2) is 22.6 Å². The molecule has 0 aliphatic carbocycles. The van der Waals surface area contributed by atoms with Crippen LogP contribution in [0.15, 0.2) is 126 Å². The molecule has 311 valence electrons. The van der Waals surface area contributed by atoms with Gasteiger partial charge in [-0.25, -0.2) is 0 Å². The van der Waals surface area contributed by atoms with E-state index < -0.39 is 14.0 Å². The average molecular weight is 987 g/mol. The largest absolute Gasteiger partial charge is 0.557 e. The molecule has 0 N–H and O–H groups in total. The number of hydrogen-bond donors (Lipinski definition) is 0. The molecule has 0 aliphatic rings. The molecular formula is C54H59IrN3OSi-2. The third-order valence-electron chi connectivity index (χ3n) is 11.0. The van der Waals surface area contributed by atoms with Gasteiger partial charge in [0, 0.05) is 45.2 Å². The van der Waals surface area contributed by atoms with Crippen molar-refractivity contribution >= 4 is 35.3 Å². The second kappa shape index (κ2) is 18.8. The minimum absolute atomic E-state index is 0. The number of imidazole rings is 1. The van der Waals surface area contributed by atoms with E-state index in [0.29, 0.717) is 5.92 Å². The summed E-state index contributed by atoms with van der Waals surface area (Å²) in [5.41, 5.74) is 14.2. The number of para-hydroxylation sites is 2. The second-order valence-electron chi connectivity index (χ2n) is 18.1. The molecule has 0 saturated heterocycles. The van der Waals surface area contributed by atoms with E-state index in [1.54, 1.807) is 0 Å². The summed E-state index contributed by atoms with van der Waals surface area (Å²) in [7, 11) is -1.34. The van der Waals surface area contributed by atoms with Crippen LogP contribution >= 0.6 is 0 Å². The number of hydrogen-bond acceptors (Lipinski definition) is 3. The summed E-state index contributed by atoms with van der Waals surface area (Å²) in [5.74, 6) is 1.30. The zero-order valence-corrected chi connectivity index (χ0v) is 40.5.